The van der Waals surface area contributed by atoms with Crippen molar-refractivity contribution in [2.45, 2.75) is 30.3 Å². The van der Waals surface area contributed by atoms with Crippen LogP contribution in [-0.4, -0.2) is 48.3 Å². The molecule has 1 amide bonds. The Hall–Kier alpha value is -3.71. The molecule has 1 aliphatic carbocycles. The minimum absolute atomic E-state index is 0.154. The lowest BCUT2D eigenvalue weighted by atomic mass is 10.1. The van der Waals surface area contributed by atoms with Crippen LogP contribution in [0.15, 0.2) is 52.9 Å². The number of hydrogen-bond donors (Lipinski definition) is 0. The van der Waals surface area contributed by atoms with Crippen LogP contribution in [0.25, 0.3) is 16.6 Å². The highest BCUT2D eigenvalue weighted by Crippen LogP contribution is 2.52. The highest BCUT2D eigenvalue weighted by atomic mass is 32.2. The molecule has 2 fully saturated rings. The van der Waals surface area contributed by atoms with E-state index in [1.807, 2.05) is 35.0 Å². The number of carbonyl (C=O) groups excluding carboxylic acids is 1. The van der Waals surface area contributed by atoms with E-state index >= 15 is 0 Å². The molecule has 3 atom stereocenters. The Balaban J connectivity index is 1.32. The number of pyridine rings is 2. The standard InChI is InChI=1S/C25H22FN7OS/c1-14-18(9-30-32(14)13-21-19-11-31(15(2)34)12-20(19)21)16-6-23(35-25-22(26)4-3-5-28-25)24-17(7-27)8-29-33(24)10-16/h3-6,8-10,19-21H,11-13H2,1-2H3/t19-,20?,21+/m1/s1. The van der Waals surface area contributed by atoms with E-state index in [0.717, 1.165) is 36.5 Å². The molecule has 0 spiro atoms. The van der Waals surface area contributed by atoms with E-state index in [1.54, 1.807) is 23.7 Å². The van der Waals surface area contributed by atoms with Crippen molar-refractivity contribution in [3.8, 4) is 17.2 Å². The molecule has 0 radical (unpaired) electrons. The minimum atomic E-state index is -0.415. The van der Waals surface area contributed by atoms with Crippen LogP contribution in [0.3, 0.4) is 0 Å². The van der Waals surface area contributed by atoms with Gasteiger partial charge in [0.2, 0.25) is 5.91 Å². The maximum atomic E-state index is 14.4. The van der Waals surface area contributed by atoms with E-state index in [-0.39, 0.29) is 10.9 Å². The fourth-order valence-electron chi connectivity index (χ4n) is 5.23. The Morgan fingerprint density at radius 3 is 2.80 bits per heavy atom. The Morgan fingerprint density at radius 2 is 2.09 bits per heavy atom. The largest absolute Gasteiger partial charge is 0.342 e. The van der Waals surface area contributed by atoms with Crippen LogP contribution in [-0.2, 0) is 11.3 Å². The average Bonchev–Trinajstić information content (AvgIpc) is 3.25. The van der Waals surface area contributed by atoms with Crippen molar-refractivity contribution in [2.75, 3.05) is 13.1 Å². The summed E-state index contributed by atoms with van der Waals surface area (Å²) in [7, 11) is 0. The number of rotatable bonds is 5. The van der Waals surface area contributed by atoms with Crippen molar-refractivity contribution in [3.05, 3.63) is 60.1 Å². The quantitative estimate of drug-likeness (QED) is 0.425. The molecule has 176 valence electrons. The third-order valence-corrected chi connectivity index (χ3v) is 8.27. The van der Waals surface area contributed by atoms with Gasteiger partial charge in [0, 0.05) is 60.7 Å². The molecule has 4 aromatic heterocycles. The van der Waals surface area contributed by atoms with E-state index < -0.39 is 5.82 Å². The summed E-state index contributed by atoms with van der Waals surface area (Å²) >= 11 is 1.18. The number of piperidine rings is 1. The first-order valence-corrected chi connectivity index (χ1v) is 12.2. The van der Waals surface area contributed by atoms with Gasteiger partial charge in [-0.05, 0) is 42.9 Å². The van der Waals surface area contributed by atoms with Gasteiger partial charge in [-0.15, -0.1) is 0 Å². The Bertz CT molecular complexity index is 1510. The van der Waals surface area contributed by atoms with Gasteiger partial charge in [-0.25, -0.2) is 13.9 Å². The number of halogens is 1. The number of amides is 1. The molecule has 1 saturated heterocycles. The van der Waals surface area contributed by atoms with Gasteiger partial charge in [0.15, 0.2) is 5.82 Å². The topological polar surface area (TPSA) is 92.1 Å². The third kappa shape index (κ3) is 3.67. The lowest BCUT2D eigenvalue weighted by Gasteiger charge is -2.18. The molecule has 0 N–H and O–H groups in total. The summed E-state index contributed by atoms with van der Waals surface area (Å²) < 4.78 is 18.1. The van der Waals surface area contributed by atoms with Crippen LogP contribution in [0.1, 0.15) is 18.2 Å². The molecule has 2 aliphatic rings. The molecule has 6 rings (SSSR count). The van der Waals surface area contributed by atoms with E-state index in [1.165, 1.54) is 24.0 Å². The number of aromatic nitrogens is 5. The predicted octanol–water partition coefficient (Wildman–Crippen LogP) is 3.79. The number of fused-ring (bicyclic) bond motifs is 2. The molecule has 10 heteroatoms. The zero-order valence-electron chi connectivity index (χ0n) is 19.2. The molecule has 1 saturated carbocycles. The maximum absolute atomic E-state index is 14.4. The van der Waals surface area contributed by atoms with Crippen molar-refractivity contribution < 1.29 is 9.18 Å². The van der Waals surface area contributed by atoms with Gasteiger partial charge in [0.25, 0.3) is 0 Å². The van der Waals surface area contributed by atoms with Crippen LogP contribution in [0.2, 0.25) is 0 Å². The zero-order valence-corrected chi connectivity index (χ0v) is 20.0. The Kier molecular flexibility index (Phi) is 5.11. The predicted molar refractivity (Wildman–Crippen MR) is 127 cm³/mol. The third-order valence-electron chi connectivity index (χ3n) is 7.24. The van der Waals surface area contributed by atoms with Gasteiger partial charge < -0.3 is 4.90 Å². The summed E-state index contributed by atoms with van der Waals surface area (Å²) in [6.07, 6.45) is 6.79. The molecule has 35 heavy (non-hydrogen) atoms. The molecule has 0 bridgehead atoms. The fraction of sp³-hybridized carbons (Fsp3) is 0.320. The summed E-state index contributed by atoms with van der Waals surface area (Å²) in [4.78, 5) is 18.4. The van der Waals surface area contributed by atoms with Crippen molar-refractivity contribution in [3.63, 3.8) is 0 Å². The van der Waals surface area contributed by atoms with Crippen LogP contribution < -0.4 is 0 Å². The average molecular weight is 488 g/mol. The second-order valence-corrected chi connectivity index (χ2v) is 10.2. The Morgan fingerprint density at radius 1 is 1.29 bits per heavy atom. The molecular formula is C25H22FN7OS. The van der Waals surface area contributed by atoms with Crippen LogP contribution in [0.4, 0.5) is 4.39 Å². The molecule has 1 unspecified atom stereocenters. The fourth-order valence-corrected chi connectivity index (χ4v) is 6.21. The van der Waals surface area contributed by atoms with E-state index in [4.69, 9.17) is 0 Å². The molecule has 8 nitrogen and oxygen atoms in total. The lowest BCUT2D eigenvalue weighted by Crippen LogP contribution is -2.29. The van der Waals surface area contributed by atoms with Gasteiger partial charge in [-0.1, -0.05) is 11.8 Å². The highest BCUT2D eigenvalue weighted by Gasteiger charge is 2.56. The van der Waals surface area contributed by atoms with Crippen molar-refractivity contribution in [1.82, 2.24) is 29.3 Å². The van der Waals surface area contributed by atoms with Gasteiger partial charge in [-0.3, -0.25) is 9.48 Å². The van der Waals surface area contributed by atoms with Gasteiger partial charge in [-0.2, -0.15) is 15.5 Å². The Labute approximate surface area is 205 Å². The van der Waals surface area contributed by atoms with Gasteiger partial charge in [0.05, 0.1) is 23.5 Å². The summed E-state index contributed by atoms with van der Waals surface area (Å²) in [5, 5.41) is 18.8. The number of nitriles is 1. The molecule has 4 aromatic rings. The van der Waals surface area contributed by atoms with Crippen LogP contribution >= 0.6 is 11.8 Å². The smallest absolute Gasteiger partial charge is 0.219 e. The van der Waals surface area contributed by atoms with Crippen LogP contribution in [0, 0.1) is 41.8 Å². The summed E-state index contributed by atoms with van der Waals surface area (Å²) in [6, 6.07) is 7.04. The molecule has 0 aromatic carbocycles. The maximum Gasteiger partial charge on any atom is 0.219 e. The van der Waals surface area contributed by atoms with Crippen LogP contribution in [0.5, 0.6) is 0 Å². The number of nitrogens with zero attached hydrogens (tertiary/aromatic N) is 7. The van der Waals surface area contributed by atoms with E-state index in [2.05, 4.69) is 21.3 Å². The first-order chi connectivity index (χ1) is 16.9. The summed E-state index contributed by atoms with van der Waals surface area (Å²) in [5.41, 5.74) is 3.91. The second kappa shape index (κ2) is 8.20. The second-order valence-electron chi connectivity index (χ2n) is 9.19. The molecular weight excluding hydrogens is 465 g/mol. The molecule has 5 heterocycles. The van der Waals surface area contributed by atoms with Gasteiger partial charge in [0.1, 0.15) is 11.1 Å². The van der Waals surface area contributed by atoms with Crippen molar-refractivity contribution in [1.29, 1.82) is 5.26 Å². The first-order valence-electron chi connectivity index (χ1n) is 11.4. The van der Waals surface area contributed by atoms with E-state index in [0.29, 0.717) is 33.7 Å². The number of likely N-dealkylation sites (tertiary alicyclic amines) is 1. The number of carbonyl (C=O) groups is 1. The van der Waals surface area contributed by atoms with Crippen molar-refractivity contribution >= 4 is 23.2 Å². The lowest BCUT2D eigenvalue weighted by molar-refractivity contribution is -0.128. The van der Waals surface area contributed by atoms with E-state index in [9.17, 15) is 14.4 Å². The molecule has 1 aliphatic heterocycles. The highest BCUT2D eigenvalue weighted by molar-refractivity contribution is 7.99. The number of hydrogen-bond acceptors (Lipinski definition) is 6. The SMILES string of the molecule is CC(=O)N1CC2[C@@H](C1)[C@@H]2Cn1ncc(-c2cc(Sc3ncccc3F)c3c(C#N)cnn3c2)c1C. The first kappa shape index (κ1) is 21.8. The minimum Gasteiger partial charge on any atom is -0.342 e. The summed E-state index contributed by atoms with van der Waals surface area (Å²) in [5.74, 6) is 1.41. The zero-order chi connectivity index (χ0) is 24.3. The van der Waals surface area contributed by atoms with Gasteiger partial charge >= 0.3 is 0 Å². The van der Waals surface area contributed by atoms with Crippen molar-refractivity contribution in [2.24, 2.45) is 17.8 Å². The normalized spacial score (nSPS) is 20.7. The monoisotopic (exact) mass is 487 g/mol. The summed E-state index contributed by atoms with van der Waals surface area (Å²) in [6.45, 7) is 6.20.